The number of ether oxygens (including phenoxy) is 1. The van der Waals surface area contributed by atoms with Crippen molar-refractivity contribution in [3.63, 3.8) is 0 Å². The average Bonchev–Trinajstić information content (AvgIpc) is 3.31. The number of carbonyl (C=O) groups excluding carboxylic acids is 2. The molecule has 0 saturated carbocycles. The fraction of sp³-hybridized carbons (Fsp3) is 0.0625. The van der Waals surface area contributed by atoms with Gasteiger partial charge in [-0.15, -0.1) is 5.10 Å². The number of phenols is 1. The summed E-state index contributed by atoms with van der Waals surface area (Å²) in [7, 11) is 1.45. The molecule has 0 atom stereocenters. The third kappa shape index (κ3) is 3.80. The zero-order valence-corrected chi connectivity index (χ0v) is 22.3. The molecule has 2 amide bonds. The molecule has 0 fully saturated rings. The van der Waals surface area contributed by atoms with Gasteiger partial charge in [0.1, 0.15) is 5.70 Å². The summed E-state index contributed by atoms with van der Waals surface area (Å²) >= 11 is 0. The number of carbonyl (C=O) groups is 2. The summed E-state index contributed by atoms with van der Waals surface area (Å²) in [6, 6.07) is 29.4. The number of methoxy groups -OCH3 is 1. The Labute approximate surface area is 240 Å². The third-order valence-electron chi connectivity index (χ3n) is 7.48. The molecular formula is C32H24N6O4. The molecule has 0 unspecified atom stereocenters. The molecule has 1 spiro atoms. The molecule has 0 aromatic heterocycles. The molecule has 42 heavy (non-hydrogen) atoms. The van der Waals surface area contributed by atoms with Gasteiger partial charge < -0.3 is 9.84 Å². The van der Waals surface area contributed by atoms with Gasteiger partial charge in [-0.2, -0.15) is 5.01 Å². The number of phenolic OH excluding ortho intramolecular Hbond substituents is 1. The lowest BCUT2D eigenvalue weighted by molar-refractivity contribution is -0.126. The molecule has 0 bridgehead atoms. The Hall–Kier alpha value is -5.90. The minimum atomic E-state index is -1.23. The molecule has 2 heterocycles. The van der Waals surface area contributed by atoms with Crippen LogP contribution in [0.1, 0.15) is 22.3 Å². The number of hydrogen-bond donors (Lipinski definition) is 4. The summed E-state index contributed by atoms with van der Waals surface area (Å²) in [6.07, 6.45) is 1.58. The highest BCUT2D eigenvalue weighted by atomic mass is 16.5. The Balaban J connectivity index is 1.30. The molecule has 7 rings (SSSR count). The minimum Gasteiger partial charge on any atom is -0.504 e. The number of rotatable bonds is 3. The third-order valence-corrected chi connectivity index (χ3v) is 7.48. The van der Waals surface area contributed by atoms with Crippen molar-refractivity contribution >= 4 is 29.7 Å². The van der Waals surface area contributed by atoms with E-state index in [9.17, 15) is 14.7 Å². The van der Waals surface area contributed by atoms with Crippen LogP contribution in [0.2, 0.25) is 0 Å². The van der Waals surface area contributed by atoms with Crippen molar-refractivity contribution < 1.29 is 19.4 Å². The number of benzene rings is 4. The van der Waals surface area contributed by atoms with Crippen LogP contribution in [0.4, 0.5) is 0 Å². The molecule has 206 valence electrons. The van der Waals surface area contributed by atoms with E-state index in [4.69, 9.17) is 4.74 Å². The summed E-state index contributed by atoms with van der Waals surface area (Å²) in [6.45, 7) is 0. The number of nitrogens with one attached hydrogen (secondary N) is 3. The van der Waals surface area contributed by atoms with Crippen molar-refractivity contribution in [2.75, 3.05) is 7.11 Å². The Morgan fingerprint density at radius 1 is 0.881 bits per heavy atom. The number of hydrazone groups is 1. The number of hydrogen-bond acceptors (Lipinski definition) is 8. The number of aromatic hydroxyl groups is 1. The van der Waals surface area contributed by atoms with E-state index in [-0.39, 0.29) is 29.1 Å². The highest BCUT2D eigenvalue weighted by Crippen LogP contribution is 2.48. The molecule has 1 aliphatic carbocycles. The molecule has 4 aromatic rings. The van der Waals surface area contributed by atoms with Crippen LogP contribution < -0.4 is 20.9 Å². The fourth-order valence-electron chi connectivity index (χ4n) is 5.52. The summed E-state index contributed by atoms with van der Waals surface area (Å²) in [4.78, 5) is 32.0. The van der Waals surface area contributed by atoms with Crippen LogP contribution in [0.15, 0.2) is 113 Å². The van der Waals surface area contributed by atoms with Crippen LogP contribution in [-0.4, -0.2) is 40.8 Å². The molecule has 4 N–H and O–H groups in total. The van der Waals surface area contributed by atoms with Crippen LogP contribution >= 0.6 is 0 Å². The fourth-order valence-corrected chi connectivity index (χ4v) is 5.52. The van der Waals surface area contributed by atoms with E-state index in [1.54, 1.807) is 18.2 Å². The predicted molar refractivity (Wildman–Crippen MR) is 157 cm³/mol. The number of fused-ring (bicyclic) bond motifs is 5. The Morgan fingerprint density at radius 3 is 2.21 bits per heavy atom. The summed E-state index contributed by atoms with van der Waals surface area (Å²) in [5.74, 6) is -0.204. The highest BCUT2D eigenvalue weighted by Gasteiger charge is 2.52. The van der Waals surface area contributed by atoms with Gasteiger partial charge in [0.2, 0.25) is 5.96 Å². The van der Waals surface area contributed by atoms with Gasteiger partial charge in [-0.05, 0) is 34.9 Å². The Kier molecular flexibility index (Phi) is 5.75. The lowest BCUT2D eigenvalue weighted by Crippen LogP contribution is -2.65. The van der Waals surface area contributed by atoms with E-state index in [0.29, 0.717) is 17.0 Å². The van der Waals surface area contributed by atoms with Crippen LogP contribution in [0.3, 0.4) is 0 Å². The molecular weight excluding hydrogens is 532 g/mol. The van der Waals surface area contributed by atoms with Crippen molar-refractivity contribution in [1.82, 2.24) is 21.2 Å². The van der Waals surface area contributed by atoms with Crippen LogP contribution in [0, 0.1) is 0 Å². The Morgan fingerprint density at radius 2 is 1.55 bits per heavy atom. The molecule has 0 radical (unpaired) electrons. The van der Waals surface area contributed by atoms with E-state index >= 15 is 0 Å². The predicted octanol–water partition coefficient (Wildman–Crippen LogP) is 3.45. The van der Waals surface area contributed by atoms with Gasteiger partial charge >= 0.3 is 0 Å². The van der Waals surface area contributed by atoms with Crippen molar-refractivity contribution in [2.45, 2.75) is 5.54 Å². The van der Waals surface area contributed by atoms with E-state index in [1.807, 2.05) is 78.9 Å². The van der Waals surface area contributed by atoms with Gasteiger partial charge in [-0.25, -0.2) is 4.99 Å². The number of hydrazine groups is 1. The van der Waals surface area contributed by atoms with Gasteiger partial charge in [0.05, 0.1) is 7.11 Å². The number of guanidine groups is 1. The molecule has 3 aliphatic rings. The molecule has 0 saturated heterocycles. The second-order valence-electron chi connectivity index (χ2n) is 9.88. The van der Waals surface area contributed by atoms with Crippen LogP contribution in [-0.2, 0) is 15.1 Å². The van der Waals surface area contributed by atoms with Crippen molar-refractivity contribution in [1.29, 1.82) is 0 Å². The van der Waals surface area contributed by atoms with Crippen molar-refractivity contribution in [2.24, 2.45) is 10.1 Å². The average molecular weight is 557 g/mol. The van der Waals surface area contributed by atoms with Gasteiger partial charge in [-0.3, -0.25) is 25.8 Å². The first-order chi connectivity index (χ1) is 20.5. The van der Waals surface area contributed by atoms with Gasteiger partial charge in [0.25, 0.3) is 11.8 Å². The van der Waals surface area contributed by atoms with Gasteiger partial charge in [0, 0.05) is 16.7 Å². The van der Waals surface area contributed by atoms with E-state index in [2.05, 4.69) is 26.3 Å². The first-order valence-corrected chi connectivity index (χ1v) is 13.2. The largest absolute Gasteiger partial charge is 0.504 e. The highest BCUT2D eigenvalue weighted by molar-refractivity contribution is 6.19. The van der Waals surface area contributed by atoms with Gasteiger partial charge in [-0.1, -0.05) is 84.9 Å². The maximum atomic E-state index is 14.0. The standard InChI is InChI=1S/C32H24N6O4/c1-42-27-18-19(15-16-26(27)39)17-25-29(40)36-38(28(33-25)20-9-3-2-4-10-20)31-34-30(41)32(37-35-31)23-13-7-5-11-21(23)22-12-6-8-14-24(22)32/h2-18,37,39H,1H3,(H,36,40)(H,34,35,41). The first-order valence-electron chi connectivity index (χ1n) is 13.2. The molecule has 2 aliphatic heterocycles. The molecule has 10 heteroatoms. The normalized spacial score (nSPS) is 17.5. The summed E-state index contributed by atoms with van der Waals surface area (Å²) < 4.78 is 5.20. The number of aliphatic imine (C=N–C) groups is 1. The molecule has 4 aromatic carbocycles. The van der Waals surface area contributed by atoms with E-state index in [0.717, 1.165) is 22.3 Å². The lowest BCUT2D eigenvalue weighted by Gasteiger charge is -2.38. The summed E-state index contributed by atoms with van der Waals surface area (Å²) in [5.41, 5.74) is 9.60. The maximum absolute atomic E-state index is 14.0. The van der Waals surface area contributed by atoms with Gasteiger partial charge in [0.15, 0.2) is 22.9 Å². The Bertz CT molecular complexity index is 1820. The molecule has 10 nitrogen and oxygen atoms in total. The van der Waals surface area contributed by atoms with E-state index < -0.39 is 11.4 Å². The van der Waals surface area contributed by atoms with Crippen LogP contribution in [0.25, 0.3) is 17.2 Å². The second-order valence-corrected chi connectivity index (χ2v) is 9.88. The zero-order chi connectivity index (χ0) is 28.8. The van der Waals surface area contributed by atoms with E-state index in [1.165, 1.54) is 18.2 Å². The monoisotopic (exact) mass is 556 g/mol. The maximum Gasteiger partial charge on any atom is 0.288 e. The van der Waals surface area contributed by atoms with Crippen molar-refractivity contribution in [3.05, 3.63) is 125 Å². The van der Waals surface area contributed by atoms with Crippen molar-refractivity contribution in [3.8, 4) is 22.6 Å². The SMILES string of the molecule is COc1cc(C=C2N=C(c3ccccc3)N(C3=NNC4(C(=O)N3)c3ccccc3-c3ccccc34)NC2=O)ccc1O. The topological polar surface area (TPSA) is 128 Å². The second kappa shape index (κ2) is 9.63. The minimum absolute atomic E-state index is 0.0174. The lowest BCUT2D eigenvalue weighted by atomic mass is 9.86. The quantitative estimate of drug-likeness (QED) is 0.286. The smallest absolute Gasteiger partial charge is 0.288 e. The first kappa shape index (κ1) is 25.1. The number of amidine groups is 1. The summed E-state index contributed by atoms with van der Waals surface area (Å²) in [5, 5.41) is 18.8. The number of amides is 2. The number of nitrogens with zero attached hydrogens (tertiary/aromatic N) is 3. The van der Waals surface area contributed by atoms with Crippen LogP contribution in [0.5, 0.6) is 11.5 Å². The zero-order valence-electron chi connectivity index (χ0n) is 22.3.